The number of halogens is 1. The predicted octanol–water partition coefficient (Wildman–Crippen LogP) is 2.26. The van der Waals surface area contributed by atoms with Crippen LogP contribution in [0.15, 0.2) is 29.9 Å². The van der Waals surface area contributed by atoms with Gasteiger partial charge in [0, 0.05) is 30.6 Å². The lowest BCUT2D eigenvalue weighted by Crippen LogP contribution is -2.34. The zero-order chi connectivity index (χ0) is 16.2. The van der Waals surface area contributed by atoms with Crippen LogP contribution < -0.4 is 5.32 Å². The maximum Gasteiger partial charge on any atom is 0.356 e. The highest BCUT2D eigenvalue weighted by atomic mass is 32.1. The molecule has 1 saturated heterocycles. The van der Waals surface area contributed by atoms with E-state index in [9.17, 15) is 9.18 Å². The van der Waals surface area contributed by atoms with Gasteiger partial charge in [-0.3, -0.25) is 4.90 Å². The van der Waals surface area contributed by atoms with Gasteiger partial charge in [-0.25, -0.2) is 19.2 Å². The third-order valence-corrected chi connectivity index (χ3v) is 4.67. The van der Waals surface area contributed by atoms with Crippen LogP contribution in [0.4, 0.5) is 10.2 Å². The molecule has 0 aromatic carbocycles. The van der Waals surface area contributed by atoms with Crippen LogP contribution >= 0.6 is 11.3 Å². The van der Waals surface area contributed by atoms with E-state index in [0.717, 1.165) is 6.54 Å². The lowest BCUT2D eigenvalue weighted by molar-refractivity contribution is 0.0690. The van der Waals surface area contributed by atoms with Crippen LogP contribution in [0.1, 0.15) is 21.8 Å². The van der Waals surface area contributed by atoms with E-state index < -0.39 is 12.1 Å². The summed E-state index contributed by atoms with van der Waals surface area (Å²) in [6, 6.07) is 4.13. The number of aromatic nitrogens is 2. The molecule has 122 valence electrons. The molecule has 1 aliphatic rings. The van der Waals surface area contributed by atoms with Crippen molar-refractivity contribution in [1.29, 1.82) is 0 Å². The first kappa shape index (κ1) is 15.8. The highest BCUT2D eigenvalue weighted by molar-refractivity contribution is 7.09. The number of carbonyl (C=O) groups is 1. The summed E-state index contributed by atoms with van der Waals surface area (Å²) in [6.45, 7) is 1.73. The Morgan fingerprint density at radius 2 is 2.35 bits per heavy atom. The molecule has 0 spiro atoms. The Morgan fingerprint density at radius 1 is 1.48 bits per heavy atom. The summed E-state index contributed by atoms with van der Waals surface area (Å²) in [5.41, 5.74) is -0.0976. The van der Waals surface area contributed by atoms with Gasteiger partial charge in [0.2, 0.25) is 0 Å². The van der Waals surface area contributed by atoms with Crippen LogP contribution in [0.5, 0.6) is 0 Å². The van der Waals surface area contributed by atoms with E-state index in [4.69, 9.17) is 5.11 Å². The van der Waals surface area contributed by atoms with Crippen LogP contribution in [-0.4, -0.2) is 51.2 Å². The number of nitrogens with one attached hydrogen (secondary N) is 1. The van der Waals surface area contributed by atoms with Gasteiger partial charge in [0.15, 0.2) is 5.69 Å². The molecule has 0 unspecified atom stereocenters. The molecule has 6 nitrogen and oxygen atoms in total. The minimum absolute atomic E-state index is 0.0769. The molecule has 0 amide bonds. The zero-order valence-corrected chi connectivity index (χ0v) is 13.2. The van der Waals surface area contributed by atoms with E-state index in [1.165, 1.54) is 17.3 Å². The van der Waals surface area contributed by atoms with Gasteiger partial charge in [0.1, 0.15) is 12.0 Å². The monoisotopic (exact) mass is 336 g/mol. The Kier molecular flexibility index (Phi) is 4.82. The van der Waals surface area contributed by atoms with Gasteiger partial charge >= 0.3 is 5.97 Å². The van der Waals surface area contributed by atoms with Gasteiger partial charge in [-0.2, -0.15) is 0 Å². The first-order valence-electron chi connectivity index (χ1n) is 7.31. The van der Waals surface area contributed by atoms with Crippen molar-refractivity contribution in [3.63, 3.8) is 0 Å². The summed E-state index contributed by atoms with van der Waals surface area (Å²) in [5.74, 6) is -0.615. The van der Waals surface area contributed by atoms with Crippen LogP contribution in [0.2, 0.25) is 0 Å². The molecule has 1 aliphatic heterocycles. The predicted molar refractivity (Wildman–Crippen MR) is 85.5 cm³/mol. The molecule has 3 heterocycles. The third-order valence-electron chi connectivity index (χ3n) is 3.81. The second kappa shape index (κ2) is 7.01. The van der Waals surface area contributed by atoms with E-state index in [-0.39, 0.29) is 11.7 Å². The van der Waals surface area contributed by atoms with Crippen molar-refractivity contribution in [3.8, 4) is 0 Å². The van der Waals surface area contributed by atoms with E-state index >= 15 is 0 Å². The maximum atomic E-state index is 13.8. The number of alkyl halides is 1. The van der Waals surface area contributed by atoms with E-state index in [0.29, 0.717) is 25.3 Å². The van der Waals surface area contributed by atoms with Crippen molar-refractivity contribution in [2.75, 3.05) is 18.4 Å². The molecule has 2 aromatic heterocycles. The van der Waals surface area contributed by atoms with Crippen molar-refractivity contribution in [2.45, 2.75) is 25.2 Å². The van der Waals surface area contributed by atoms with Crippen molar-refractivity contribution in [2.24, 2.45) is 0 Å². The second-order valence-electron chi connectivity index (χ2n) is 5.47. The minimum atomic E-state index is -1.11. The van der Waals surface area contributed by atoms with Crippen molar-refractivity contribution in [1.82, 2.24) is 14.9 Å². The smallest absolute Gasteiger partial charge is 0.356 e. The fourth-order valence-corrected chi connectivity index (χ4v) is 3.41. The Balaban J connectivity index is 1.58. The molecule has 2 N–H and O–H groups in total. The van der Waals surface area contributed by atoms with Crippen molar-refractivity contribution in [3.05, 3.63) is 40.5 Å². The molecule has 8 heteroatoms. The van der Waals surface area contributed by atoms with Crippen LogP contribution in [0.25, 0.3) is 0 Å². The van der Waals surface area contributed by atoms with Gasteiger partial charge in [0.25, 0.3) is 0 Å². The average molecular weight is 336 g/mol. The fraction of sp³-hybridized carbons (Fsp3) is 0.400. The number of thiophene rings is 1. The molecule has 3 rings (SSSR count). The molecule has 0 aliphatic carbocycles. The Morgan fingerprint density at radius 3 is 3.00 bits per heavy atom. The second-order valence-corrected chi connectivity index (χ2v) is 6.50. The molecular weight excluding hydrogens is 319 g/mol. The fourth-order valence-electron chi connectivity index (χ4n) is 2.68. The molecule has 0 bridgehead atoms. The summed E-state index contributed by atoms with van der Waals surface area (Å²) in [6.07, 6.45) is 2.26. The largest absolute Gasteiger partial charge is 0.476 e. The van der Waals surface area contributed by atoms with Crippen molar-refractivity contribution >= 4 is 23.1 Å². The maximum absolute atomic E-state index is 13.8. The number of anilines is 1. The Hall–Kier alpha value is -2.06. The molecule has 23 heavy (non-hydrogen) atoms. The Bertz CT molecular complexity index is 650. The normalized spacial score (nSPS) is 21.4. The SMILES string of the molecule is O=C(O)c1cnc(NC[C@@H]2C[C@H](F)CN2Cc2cccs2)cn1. The van der Waals surface area contributed by atoms with Crippen LogP contribution in [-0.2, 0) is 6.54 Å². The van der Waals surface area contributed by atoms with Gasteiger partial charge in [-0.1, -0.05) is 6.07 Å². The lowest BCUT2D eigenvalue weighted by atomic mass is 10.2. The van der Waals surface area contributed by atoms with E-state index in [1.54, 1.807) is 11.3 Å². The standard InChI is InChI=1S/C15H17FN4O2S/c16-10-4-11(20(8-10)9-12-2-1-3-23-12)5-18-14-7-17-13(6-19-14)15(21)22/h1-3,6-7,10-11H,4-5,8-9H2,(H,18,19)(H,21,22)/t10-,11-/m0/s1. The topological polar surface area (TPSA) is 78.3 Å². The number of rotatable bonds is 6. The zero-order valence-electron chi connectivity index (χ0n) is 12.4. The summed E-state index contributed by atoms with van der Waals surface area (Å²) < 4.78 is 13.8. The minimum Gasteiger partial charge on any atom is -0.476 e. The van der Waals surface area contributed by atoms with Crippen LogP contribution in [0.3, 0.4) is 0 Å². The molecule has 0 saturated carbocycles. The number of carboxylic acids is 1. The molecule has 1 fully saturated rings. The quantitative estimate of drug-likeness (QED) is 0.842. The summed E-state index contributed by atoms with van der Waals surface area (Å²) >= 11 is 1.67. The van der Waals surface area contributed by atoms with E-state index in [1.807, 2.05) is 11.4 Å². The molecule has 2 atom stereocenters. The number of aromatic carboxylic acids is 1. The third kappa shape index (κ3) is 4.02. The van der Waals surface area contributed by atoms with Gasteiger partial charge in [0.05, 0.1) is 12.4 Å². The Labute approximate surface area is 137 Å². The number of hydrogen-bond acceptors (Lipinski definition) is 6. The van der Waals surface area contributed by atoms with Crippen LogP contribution in [0, 0.1) is 0 Å². The van der Waals surface area contributed by atoms with Gasteiger partial charge in [-0.05, 0) is 17.9 Å². The van der Waals surface area contributed by atoms with Crippen molar-refractivity contribution < 1.29 is 14.3 Å². The highest BCUT2D eigenvalue weighted by Gasteiger charge is 2.32. The highest BCUT2D eigenvalue weighted by Crippen LogP contribution is 2.24. The van der Waals surface area contributed by atoms with Gasteiger partial charge in [-0.15, -0.1) is 11.3 Å². The number of carboxylic acid groups (broad SMARTS) is 1. The summed E-state index contributed by atoms with van der Waals surface area (Å²) in [5, 5.41) is 13.9. The lowest BCUT2D eigenvalue weighted by Gasteiger charge is -2.23. The summed E-state index contributed by atoms with van der Waals surface area (Å²) in [4.78, 5) is 21.9. The average Bonchev–Trinajstić information content (AvgIpc) is 3.16. The molecular formula is C15H17FN4O2S. The first-order valence-corrected chi connectivity index (χ1v) is 8.19. The molecule has 2 aromatic rings. The number of likely N-dealkylation sites (tertiary alicyclic amines) is 1. The summed E-state index contributed by atoms with van der Waals surface area (Å²) in [7, 11) is 0. The molecule has 0 radical (unpaired) electrons. The number of nitrogens with zero attached hydrogens (tertiary/aromatic N) is 3. The van der Waals surface area contributed by atoms with Gasteiger partial charge < -0.3 is 10.4 Å². The van der Waals surface area contributed by atoms with E-state index in [2.05, 4.69) is 26.3 Å². The number of hydrogen-bond donors (Lipinski definition) is 2. The first-order chi connectivity index (χ1) is 11.1.